The molecule has 0 saturated carbocycles. The highest BCUT2D eigenvalue weighted by molar-refractivity contribution is 7.91. The average molecular weight is 314 g/mol. The normalized spacial score (nSPS) is 13.6. The number of furan rings is 1. The first-order chi connectivity index (χ1) is 9.33. The maximum Gasteiger partial charge on any atom is 0.250 e. The number of rotatable bonds is 5. The molecule has 3 N–H and O–H groups in total. The molecule has 2 aromatic heterocycles. The fraction of sp³-hybridized carbons (Fsp3) is 0.385. The van der Waals surface area contributed by atoms with Gasteiger partial charge in [-0.25, -0.2) is 13.1 Å². The molecule has 0 amide bonds. The van der Waals surface area contributed by atoms with Gasteiger partial charge in [0.1, 0.15) is 15.7 Å². The van der Waals surface area contributed by atoms with Gasteiger partial charge in [0.15, 0.2) is 0 Å². The summed E-state index contributed by atoms with van der Waals surface area (Å²) >= 11 is 1.17. The summed E-state index contributed by atoms with van der Waals surface area (Å²) in [5, 5.41) is 1.76. The first-order valence-electron chi connectivity index (χ1n) is 6.20. The fourth-order valence-corrected chi connectivity index (χ4v) is 4.50. The molecule has 1 atom stereocenters. The molecular formula is C13H18N2O3S2. The van der Waals surface area contributed by atoms with Gasteiger partial charge in [-0.15, -0.1) is 11.3 Å². The molecule has 2 heterocycles. The predicted octanol–water partition coefficient (Wildman–Crippen LogP) is 2.46. The van der Waals surface area contributed by atoms with Crippen LogP contribution in [0.3, 0.4) is 0 Å². The van der Waals surface area contributed by atoms with Crippen molar-refractivity contribution >= 4 is 21.4 Å². The van der Waals surface area contributed by atoms with E-state index in [1.165, 1.54) is 11.3 Å². The van der Waals surface area contributed by atoms with Gasteiger partial charge < -0.3 is 10.2 Å². The van der Waals surface area contributed by atoms with E-state index in [9.17, 15) is 8.42 Å². The van der Waals surface area contributed by atoms with Gasteiger partial charge in [0.2, 0.25) is 0 Å². The van der Waals surface area contributed by atoms with Gasteiger partial charge in [-0.1, -0.05) is 0 Å². The van der Waals surface area contributed by atoms with Crippen LogP contribution in [0.5, 0.6) is 0 Å². The zero-order chi connectivity index (χ0) is 14.9. The van der Waals surface area contributed by atoms with Crippen molar-refractivity contribution < 1.29 is 12.8 Å². The van der Waals surface area contributed by atoms with Crippen molar-refractivity contribution in [2.75, 3.05) is 0 Å². The third kappa shape index (κ3) is 3.12. The van der Waals surface area contributed by atoms with Gasteiger partial charge in [0.05, 0.1) is 0 Å². The van der Waals surface area contributed by atoms with E-state index in [-0.39, 0.29) is 10.3 Å². The summed E-state index contributed by atoms with van der Waals surface area (Å²) in [4.78, 5) is 0. The molecule has 7 heteroatoms. The topological polar surface area (TPSA) is 85.3 Å². The van der Waals surface area contributed by atoms with E-state index in [0.717, 1.165) is 22.6 Å². The Morgan fingerprint density at radius 1 is 1.40 bits per heavy atom. The number of thiophene rings is 1. The number of nitrogens with two attached hydrogens (primary N) is 1. The number of hydrogen-bond donors (Lipinski definition) is 2. The lowest BCUT2D eigenvalue weighted by atomic mass is 10.1. The van der Waals surface area contributed by atoms with Crippen LogP contribution in [0, 0.1) is 13.8 Å². The quantitative estimate of drug-likeness (QED) is 0.887. The average Bonchev–Trinajstić information content (AvgIpc) is 2.95. The van der Waals surface area contributed by atoms with Gasteiger partial charge in [-0.05, 0) is 43.8 Å². The van der Waals surface area contributed by atoms with Crippen molar-refractivity contribution in [2.45, 2.75) is 37.6 Å². The molecule has 0 aliphatic rings. The minimum absolute atomic E-state index is 0.280. The number of hydrogen-bond acceptors (Lipinski definition) is 5. The minimum atomic E-state index is -3.53. The third-order valence-electron chi connectivity index (χ3n) is 3.01. The molecular weight excluding hydrogens is 296 g/mol. The second-order valence-corrected chi connectivity index (χ2v) is 7.54. The highest BCUT2D eigenvalue weighted by Crippen LogP contribution is 2.25. The van der Waals surface area contributed by atoms with E-state index >= 15 is 0 Å². The number of aryl methyl sites for hydroxylation is 2. The van der Waals surface area contributed by atoms with Crippen molar-refractivity contribution in [3.05, 3.63) is 40.2 Å². The van der Waals surface area contributed by atoms with Gasteiger partial charge in [0, 0.05) is 18.2 Å². The van der Waals surface area contributed by atoms with E-state index in [1.807, 2.05) is 19.9 Å². The predicted molar refractivity (Wildman–Crippen MR) is 79.1 cm³/mol. The Balaban J connectivity index is 2.21. The van der Waals surface area contributed by atoms with Crippen molar-refractivity contribution in [2.24, 2.45) is 5.73 Å². The van der Waals surface area contributed by atoms with E-state index in [1.54, 1.807) is 18.4 Å². The van der Waals surface area contributed by atoms with E-state index in [4.69, 9.17) is 10.2 Å². The van der Waals surface area contributed by atoms with Gasteiger partial charge >= 0.3 is 0 Å². The molecule has 0 spiro atoms. The summed E-state index contributed by atoms with van der Waals surface area (Å²) < 4.78 is 33.0. The number of sulfonamides is 1. The highest BCUT2D eigenvalue weighted by atomic mass is 32.2. The van der Waals surface area contributed by atoms with Crippen LogP contribution >= 0.6 is 11.3 Å². The van der Waals surface area contributed by atoms with Crippen LogP contribution < -0.4 is 10.5 Å². The lowest BCUT2D eigenvalue weighted by Gasteiger charge is -2.12. The lowest BCUT2D eigenvalue weighted by molar-refractivity contribution is 0.496. The fourth-order valence-electron chi connectivity index (χ4n) is 2.04. The standard InChI is InChI=1S/C13H18N2O3S2/c1-8-4-12(10(3)18-8)9(2)15-20(16,17)13-5-11(6-14)7-19-13/h4-5,7,9,15H,6,14H2,1-3H3. The second-order valence-electron chi connectivity index (χ2n) is 4.69. The summed E-state index contributed by atoms with van der Waals surface area (Å²) in [7, 11) is -3.53. The zero-order valence-corrected chi connectivity index (χ0v) is 13.3. The Hall–Kier alpha value is -1.15. The molecule has 1 unspecified atom stereocenters. The van der Waals surface area contributed by atoms with Crippen LogP contribution in [0.4, 0.5) is 0 Å². The minimum Gasteiger partial charge on any atom is -0.466 e. The smallest absolute Gasteiger partial charge is 0.250 e. The Morgan fingerprint density at radius 3 is 2.60 bits per heavy atom. The van der Waals surface area contributed by atoms with E-state index < -0.39 is 10.0 Å². The van der Waals surface area contributed by atoms with Crippen molar-refractivity contribution in [1.82, 2.24) is 4.72 Å². The Bertz CT molecular complexity index is 701. The summed E-state index contributed by atoms with van der Waals surface area (Å²) in [5.74, 6) is 1.50. The molecule has 110 valence electrons. The molecule has 0 bridgehead atoms. The highest BCUT2D eigenvalue weighted by Gasteiger charge is 2.22. The molecule has 0 fully saturated rings. The zero-order valence-electron chi connectivity index (χ0n) is 11.6. The first-order valence-corrected chi connectivity index (χ1v) is 8.56. The Labute approximate surface area is 122 Å². The van der Waals surface area contributed by atoms with Crippen molar-refractivity contribution in [1.29, 1.82) is 0 Å². The molecule has 0 saturated heterocycles. The van der Waals surface area contributed by atoms with Crippen LogP contribution in [-0.4, -0.2) is 8.42 Å². The van der Waals surface area contributed by atoms with Crippen LogP contribution in [0.25, 0.3) is 0 Å². The van der Waals surface area contributed by atoms with Gasteiger partial charge in [-0.2, -0.15) is 0 Å². The largest absolute Gasteiger partial charge is 0.466 e. The Morgan fingerprint density at radius 2 is 2.10 bits per heavy atom. The van der Waals surface area contributed by atoms with E-state index in [2.05, 4.69) is 4.72 Å². The molecule has 2 rings (SSSR count). The van der Waals surface area contributed by atoms with Crippen molar-refractivity contribution in [3.8, 4) is 0 Å². The maximum atomic E-state index is 12.3. The molecule has 0 aromatic carbocycles. The van der Waals surface area contributed by atoms with Crippen molar-refractivity contribution in [3.63, 3.8) is 0 Å². The van der Waals surface area contributed by atoms with Gasteiger partial charge in [-0.3, -0.25) is 0 Å². The maximum absolute atomic E-state index is 12.3. The lowest BCUT2D eigenvalue weighted by Crippen LogP contribution is -2.26. The molecule has 0 aliphatic heterocycles. The third-order valence-corrected chi connectivity index (χ3v) is 6.04. The molecule has 0 aliphatic carbocycles. The molecule has 0 radical (unpaired) electrons. The van der Waals surface area contributed by atoms with E-state index in [0.29, 0.717) is 6.54 Å². The Kier molecular flexibility index (Phi) is 4.33. The van der Waals surface area contributed by atoms with Crippen LogP contribution in [0.2, 0.25) is 0 Å². The number of nitrogens with one attached hydrogen (secondary N) is 1. The summed E-state index contributed by atoms with van der Waals surface area (Å²) in [5.41, 5.74) is 7.17. The molecule has 20 heavy (non-hydrogen) atoms. The SMILES string of the molecule is Cc1cc(C(C)NS(=O)(=O)c2cc(CN)cs2)c(C)o1. The van der Waals surface area contributed by atoms with Crippen LogP contribution in [-0.2, 0) is 16.6 Å². The first kappa shape index (κ1) is 15.2. The summed E-state index contributed by atoms with van der Waals surface area (Å²) in [6, 6.07) is 3.11. The monoisotopic (exact) mass is 314 g/mol. The van der Waals surface area contributed by atoms with Gasteiger partial charge in [0.25, 0.3) is 10.0 Å². The summed E-state index contributed by atoms with van der Waals surface area (Å²) in [6.07, 6.45) is 0. The molecule has 2 aromatic rings. The molecule has 5 nitrogen and oxygen atoms in total. The van der Waals surface area contributed by atoms with Crippen LogP contribution in [0.1, 0.15) is 35.6 Å². The van der Waals surface area contributed by atoms with Crippen LogP contribution in [0.15, 0.2) is 26.1 Å². The summed E-state index contributed by atoms with van der Waals surface area (Å²) in [6.45, 7) is 5.79. The second kappa shape index (κ2) is 5.69.